The summed E-state index contributed by atoms with van der Waals surface area (Å²) in [5.74, 6) is -0.833. The Hall–Kier alpha value is -1.02. The number of aliphatic carboxylic acids is 1. The first-order chi connectivity index (χ1) is 6.13. The van der Waals surface area contributed by atoms with Gasteiger partial charge in [-0.05, 0) is 12.1 Å². The molecule has 0 atom stereocenters. The van der Waals surface area contributed by atoms with Gasteiger partial charge in [-0.2, -0.15) is 0 Å². The Labute approximate surface area is 84.2 Å². The van der Waals surface area contributed by atoms with Gasteiger partial charge in [-0.15, -0.1) is 0 Å². The summed E-state index contributed by atoms with van der Waals surface area (Å²) in [4.78, 5) is 9.00. The first-order valence-corrected chi connectivity index (χ1v) is 4.41. The van der Waals surface area contributed by atoms with Crippen LogP contribution in [-0.4, -0.2) is 11.1 Å². The molecule has 1 aromatic rings. The maximum absolute atomic E-state index is 9.00. The van der Waals surface area contributed by atoms with Gasteiger partial charge < -0.3 is 5.11 Å². The zero-order valence-electron chi connectivity index (χ0n) is 8.12. The van der Waals surface area contributed by atoms with Crippen molar-refractivity contribution >= 4 is 17.6 Å². The minimum absolute atomic E-state index is 0.794. The number of hydrogen-bond acceptors (Lipinski definition) is 1. The van der Waals surface area contributed by atoms with Crippen LogP contribution in [0.3, 0.4) is 0 Å². The number of hydrogen-bond donors (Lipinski definition) is 1. The van der Waals surface area contributed by atoms with Crippen molar-refractivity contribution in [1.29, 1.82) is 0 Å². The Morgan fingerprint density at radius 1 is 1.23 bits per heavy atom. The van der Waals surface area contributed by atoms with Gasteiger partial charge in [0.25, 0.3) is 5.97 Å². The van der Waals surface area contributed by atoms with Crippen molar-refractivity contribution in [1.82, 2.24) is 0 Å². The van der Waals surface area contributed by atoms with Crippen LogP contribution in [-0.2, 0) is 4.79 Å². The Balaban J connectivity index is 0. The van der Waals surface area contributed by atoms with Gasteiger partial charge in [-0.25, -0.2) is 0 Å². The predicted molar refractivity (Wildman–Crippen MR) is 56.1 cm³/mol. The number of benzene rings is 1. The van der Waals surface area contributed by atoms with Gasteiger partial charge in [0.1, 0.15) is 0 Å². The molecule has 0 unspecified atom stereocenters. The van der Waals surface area contributed by atoms with E-state index < -0.39 is 5.97 Å². The smallest absolute Gasteiger partial charge is 0.300 e. The van der Waals surface area contributed by atoms with E-state index in [1.807, 2.05) is 44.2 Å². The van der Waals surface area contributed by atoms with Gasteiger partial charge in [0.15, 0.2) is 0 Å². The topological polar surface area (TPSA) is 37.3 Å². The molecule has 2 nitrogen and oxygen atoms in total. The van der Waals surface area contributed by atoms with E-state index in [9.17, 15) is 0 Å². The number of carbonyl (C=O) groups is 1. The average Bonchev–Trinajstić information content (AvgIpc) is 2.08. The molecule has 13 heavy (non-hydrogen) atoms. The summed E-state index contributed by atoms with van der Waals surface area (Å²) < 4.78 is 0. The van der Waals surface area contributed by atoms with Crippen LogP contribution < -0.4 is 0 Å². The minimum atomic E-state index is -0.833. The van der Waals surface area contributed by atoms with Crippen LogP contribution in [0.2, 0.25) is 5.02 Å². The second-order valence-electron chi connectivity index (χ2n) is 1.81. The van der Waals surface area contributed by atoms with E-state index in [4.69, 9.17) is 21.5 Å². The SMILES string of the molecule is CC.CC(=O)O.Clc1ccccc1. The molecular weight excluding hydrogens is 188 g/mol. The molecule has 1 aromatic carbocycles. The largest absolute Gasteiger partial charge is 0.481 e. The third kappa shape index (κ3) is 18.2. The summed E-state index contributed by atoms with van der Waals surface area (Å²) in [6, 6.07) is 9.44. The Morgan fingerprint density at radius 3 is 1.69 bits per heavy atom. The van der Waals surface area contributed by atoms with Crippen LogP contribution in [0.4, 0.5) is 0 Å². The van der Waals surface area contributed by atoms with Gasteiger partial charge in [0.05, 0.1) is 0 Å². The summed E-state index contributed by atoms with van der Waals surface area (Å²) >= 11 is 5.54. The molecule has 0 fully saturated rings. The van der Waals surface area contributed by atoms with E-state index in [1.54, 1.807) is 0 Å². The molecule has 3 heteroatoms. The zero-order chi connectivity index (χ0) is 10.7. The molecule has 0 radical (unpaired) electrons. The lowest BCUT2D eigenvalue weighted by molar-refractivity contribution is -0.134. The Kier molecular flexibility index (Phi) is 12.2. The summed E-state index contributed by atoms with van der Waals surface area (Å²) in [5, 5.41) is 8.21. The second kappa shape index (κ2) is 11.0. The zero-order valence-corrected chi connectivity index (χ0v) is 8.88. The van der Waals surface area contributed by atoms with E-state index in [0.29, 0.717) is 0 Å². The Morgan fingerprint density at radius 2 is 1.54 bits per heavy atom. The first kappa shape index (κ1) is 14.5. The van der Waals surface area contributed by atoms with Crippen molar-refractivity contribution in [3.05, 3.63) is 35.4 Å². The molecule has 74 valence electrons. The highest BCUT2D eigenvalue weighted by atomic mass is 35.5. The molecule has 0 heterocycles. The third-order valence-corrected chi connectivity index (χ3v) is 0.985. The molecular formula is C10H15ClO2. The van der Waals surface area contributed by atoms with Gasteiger partial charge in [-0.3, -0.25) is 4.79 Å². The van der Waals surface area contributed by atoms with Gasteiger partial charge in [0, 0.05) is 11.9 Å². The van der Waals surface area contributed by atoms with E-state index in [2.05, 4.69) is 0 Å². The average molecular weight is 203 g/mol. The molecule has 0 aromatic heterocycles. The van der Waals surface area contributed by atoms with E-state index in [-0.39, 0.29) is 0 Å². The van der Waals surface area contributed by atoms with E-state index in [0.717, 1.165) is 11.9 Å². The highest BCUT2D eigenvalue weighted by Crippen LogP contribution is 2.03. The third-order valence-electron chi connectivity index (χ3n) is 0.733. The molecule has 1 rings (SSSR count). The van der Waals surface area contributed by atoms with Crippen LogP contribution in [0, 0.1) is 0 Å². The molecule has 0 amide bonds. The molecule has 0 saturated heterocycles. The highest BCUT2D eigenvalue weighted by molar-refractivity contribution is 6.30. The molecule has 0 bridgehead atoms. The lowest BCUT2D eigenvalue weighted by Gasteiger charge is -1.80. The predicted octanol–water partition coefficient (Wildman–Crippen LogP) is 3.46. The molecule has 0 aliphatic carbocycles. The molecule has 0 spiro atoms. The van der Waals surface area contributed by atoms with Crippen molar-refractivity contribution in [3.63, 3.8) is 0 Å². The van der Waals surface area contributed by atoms with Crippen LogP contribution in [0.1, 0.15) is 20.8 Å². The lowest BCUT2D eigenvalue weighted by Crippen LogP contribution is -1.78. The fourth-order valence-corrected chi connectivity index (χ4v) is 0.560. The summed E-state index contributed by atoms with van der Waals surface area (Å²) in [7, 11) is 0. The quantitative estimate of drug-likeness (QED) is 0.700. The fourth-order valence-electron chi connectivity index (χ4n) is 0.415. The number of carboxylic acid groups (broad SMARTS) is 1. The summed E-state index contributed by atoms with van der Waals surface area (Å²) in [6.07, 6.45) is 0. The number of rotatable bonds is 0. The van der Waals surface area contributed by atoms with Crippen molar-refractivity contribution < 1.29 is 9.90 Å². The van der Waals surface area contributed by atoms with E-state index >= 15 is 0 Å². The normalized spacial score (nSPS) is 7.08. The monoisotopic (exact) mass is 202 g/mol. The summed E-state index contributed by atoms with van der Waals surface area (Å²) in [6.45, 7) is 5.08. The van der Waals surface area contributed by atoms with E-state index in [1.165, 1.54) is 0 Å². The molecule has 0 saturated carbocycles. The van der Waals surface area contributed by atoms with Crippen LogP contribution in [0.5, 0.6) is 0 Å². The fraction of sp³-hybridized carbons (Fsp3) is 0.300. The lowest BCUT2D eigenvalue weighted by atomic mass is 10.4. The highest BCUT2D eigenvalue weighted by Gasteiger charge is 1.74. The van der Waals surface area contributed by atoms with Gasteiger partial charge in [-0.1, -0.05) is 43.6 Å². The van der Waals surface area contributed by atoms with Crippen molar-refractivity contribution in [3.8, 4) is 0 Å². The Bertz CT molecular complexity index is 205. The summed E-state index contributed by atoms with van der Waals surface area (Å²) in [5.41, 5.74) is 0. The maximum atomic E-state index is 9.00. The van der Waals surface area contributed by atoms with Crippen molar-refractivity contribution in [2.75, 3.05) is 0 Å². The maximum Gasteiger partial charge on any atom is 0.300 e. The van der Waals surface area contributed by atoms with Gasteiger partial charge >= 0.3 is 0 Å². The molecule has 1 N–H and O–H groups in total. The molecule has 0 aliphatic rings. The first-order valence-electron chi connectivity index (χ1n) is 4.03. The number of halogens is 1. The van der Waals surface area contributed by atoms with Crippen molar-refractivity contribution in [2.24, 2.45) is 0 Å². The molecule has 0 aliphatic heterocycles. The van der Waals surface area contributed by atoms with Crippen LogP contribution >= 0.6 is 11.6 Å². The van der Waals surface area contributed by atoms with Gasteiger partial charge in [0.2, 0.25) is 0 Å². The standard InChI is InChI=1S/C6H5Cl.C2H4O2.C2H6/c7-6-4-2-1-3-5-6;1-2(3)4;1-2/h1-5H;1H3,(H,3,4);1-2H3. The number of carboxylic acids is 1. The van der Waals surface area contributed by atoms with Crippen LogP contribution in [0.15, 0.2) is 30.3 Å². The van der Waals surface area contributed by atoms with Crippen molar-refractivity contribution in [2.45, 2.75) is 20.8 Å². The minimum Gasteiger partial charge on any atom is -0.481 e. The van der Waals surface area contributed by atoms with Crippen LogP contribution in [0.25, 0.3) is 0 Å². The second-order valence-corrected chi connectivity index (χ2v) is 2.25.